The number of aromatic nitrogens is 3. The number of pyridine rings is 1. The minimum absolute atomic E-state index is 0.580. The molecule has 0 aliphatic rings. The van der Waals surface area contributed by atoms with E-state index in [9.17, 15) is 0 Å². The van der Waals surface area contributed by atoms with Crippen LogP contribution in [-0.2, 0) is 0 Å². The lowest BCUT2D eigenvalue weighted by atomic mass is 10.4. The van der Waals surface area contributed by atoms with Crippen LogP contribution in [0.2, 0.25) is 0 Å². The number of nitrogens with one attached hydrogen (secondary N) is 2. The van der Waals surface area contributed by atoms with E-state index in [-0.39, 0.29) is 0 Å². The summed E-state index contributed by atoms with van der Waals surface area (Å²) in [5.41, 5.74) is 0. The van der Waals surface area contributed by atoms with Crippen LogP contribution in [0.1, 0.15) is 0 Å². The quantitative estimate of drug-likeness (QED) is 0.790. The van der Waals surface area contributed by atoms with E-state index >= 15 is 0 Å². The summed E-state index contributed by atoms with van der Waals surface area (Å²) < 4.78 is 0. The first-order chi connectivity index (χ1) is 7.38. The molecule has 2 aromatic rings. The zero-order valence-electron chi connectivity index (χ0n) is 8.31. The molecule has 0 aliphatic carbocycles. The lowest BCUT2D eigenvalue weighted by molar-refractivity contribution is 1.14. The van der Waals surface area contributed by atoms with Crippen molar-refractivity contribution in [2.45, 2.75) is 0 Å². The largest absolute Gasteiger partial charge is 0.357 e. The Morgan fingerprint density at radius 2 is 1.93 bits per heavy atom. The van der Waals surface area contributed by atoms with Crippen LogP contribution >= 0.6 is 0 Å². The van der Waals surface area contributed by atoms with Gasteiger partial charge in [0.05, 0.1) is 0 Å². The molecule has 2 aromatic heterocycles. The first kappa shape index (κ1) is 9.39. The van der Waals surface area contributed by atoms with Crippen molar-refractivity contribution in [3.05, 3.63) is 36.7 Å². The van der Waals surface area contributed by atoms with Gasteiger partial charge in [-0.05, 0) is 18.2 Å². The van der Waals surface area contributed by atoms with Gasteiger partial charge < -0.3 is 10.6 Å². The molecule has 5 nitrogen and oxygen atoms in total. The maximum Gasteiger partial charge on any atom is 0.224 e. The number of rotatable bonds is 3. The highest BCUT2D eigenvalue weighted by molar-refractivity contribution is 5.52. The van der Waals surface area contributed by atoms with Crippen LogP contribution in [0.4, 0.5) is 17.6 Å². The Morgan fingerprint density at radius 1 is 1.00 bits per heavy atom. The zero-order chi connectivity index (χ0) is 10.5. The molecular weight excluding hydrogens is 190 g/mol. The summed E-state index contributed by atoms with van der Waals surface area (Å²) in [6.45, 7) is 0. The van der Waals surface area contributed by atoms with E-state index in [1.165, 1.54) is 0 Å². The van der Waals surface area contributed by atoms with Gasteiger partial charge in [-0.2, -0.15) is 4.98 Å². The minimum Gasteiger partial charge on any atom is -0.357 e. The van der Waals surface area contributed by atoms with Crippen molar-refractivity contribution in [3.8, 4) is 0 Å². The lowest BCUT2D eigenvalue weighted by Gasteiger charge is -2.04. The van der Waals surface area contributed by atoms with E-state index in [1.807, 2.05) is 18.2 Å². The van der Waals surface area contributed by atoms with Gasteiger partial charge in [0.1, 0.15) is 11.6 Å². The van der Waals surface area contributed by atoms with Crippen LogP contribution < -0.4 is 10.6 Å². The summed E-state index contributed by atoms with van der Waals surface area (Å²) in [6, 6.07) is 7.44. The zero-order valence-corrected chi connectivity index (χ0v) is 8.31. The van der Waals surface area contributed by atoms with Crippen molar-refractivity contribution in [3.63, 3.8) is 0 Å². The highest BCUT2D eigenvalue weighted by Gasteiger charge is 1.97. The Balaban J connectivity index is 2.17. The van der Waals surface area contributed by atoms with Crippen LogP contribution in [0.25, 0.3) is 0 Å². The molecule has 0 aromatic carbocycles. The maximum absolute atomic E-state index is 4.21. The third kappa shape index (κ3) is 2.40. The number of nitrogens with zero attached hydrogens (tertiary/aromatic N) is 3. The molecule has 0 saturated heterocycles. The Hall–Kier alpha value is -2.17. The third-order valence-electron chi connectivity index (χ3n) is 1.80. The first-order valence-corrected chi connectivity index (χ1v) is 4.57. The van der Waals surface area contributed by atoms with E-state index in [4.69, 9.17) is 0 Å². The molecule has 0 bridgehead atoms. The standard InChI is InChI=1S/C10H11N5/c1-11-10-13-7-5-9(15-10)14-8-4-2-3-6-12-8/h2-7H,1H3,(H2,11,12,13,14,15). The fourth-order valence-corrected chi connectivity index (χ4v) is 1.12. The summed E-state index contributed by atoms with van der Waals surface area (Å²) in [7, 11) is 1.78. The van der Waals surface area contributed by atoms with Gasteiger partial charge in [0.25, 0.3) is 0 Å². The molecule has 0 fully saturated rings. The number of anilines is 3. The topological polar surface area (TPSA) is 62.7 Å². The summed E-state index contributed by atoms with van der Waals surface area (Å²) in [5.74, 6) is 2.06. The molecule has 0 spiro atoms. The first-order valence-electron chi connectivity index (χ1n) is 4.57. The van der Waals surface area contributed by atoms with E-state index in [0.29, 0.717) is 11.8 Å². The van der Waals surface area contributed by atoms with Crippen molar-refractivity contribution in [1.82, 2.24) is 15.0 Å². The Bertz CT molecular complexity index is 429. The second-order valence-corrected chi connectivity index (χ2v) is 2.86. The van der Waals surface area contributed by atoms with Gasteiger partial charge in [-0.15, -0.1) is 0 Å². The van der Waals surface area contributed by atoms with E-state index in [1.54, 1.807) is 25.5 Å². The number of hydrogen-bond acceptors (Lipinski definition) is 5. The molecule has 2 N–H and O–H groups in total. The fraction of sp³-hybridized carbons (Fsp3) is 0.100. The number of hydrogen-bond donors (Lipinski definition) is 2. The molecule has 15 heavy (non-hydrogen) atoms. The van der Waals surface area contributed by atoms with Crippen molar-refractivity contribution >= 4 is 17.6 Å². The predicted molar refractivity (Wildman–Crippen MR) is 59.1 cm³/mol. The van der Waals surface area contributed by atoms with Crippen molar-refractivity contribution in [1.29, 1.82) is 0 Å². The molecule has 0 radical (unpaired) electrons. The van der Waals surface area contributed by atoms with Gasteiger partial charge in [-0.25, -0.2) is 9.97 Å². The molecule has 0 saturated carbocycles. The highest BCUT2D eigenvalue weighted by atomic mass is 15.1. The van der Waals surface area contributed by atoms with Gasteiger partial charge in [0.2, 0.25) is 5.95 Å². The summed E-state index contributed by atoms with van der Waals surface area (Å²) in [5, 5.41) is 5.95. The summed E-state index contributed by atoms with van der Waals surface area (Å²) in [4.78, 5) is 12.4. The molecule has 0 aliphatic heterocycles. The molecule has 0 unspecified atom stereocenters. The van der Waals surface area contributed by atoms with Crippen LogP contribution in [-0.4, -0.2) is 22.0 Å². The second kappa shape index (κ2) is 4.36. The van der Waals surface area contributed by atoms with Crippen molar-refractivity contribution in [2.24, 2.45) is 0 Å². The maximum atomic E-state index is 4.21. The average Bonchev–Trinajstić information content (AvgIpc) is 2.31. The smallest absolute Gasteiger partial charge is 0.224 e. The molecule has 5 heteroatoms. The Morgan fingerprint density at radius 3 is 2.67 bits per heavy atom. The summed E-state index contributed by atoms with van der Waals surface area (Å²) in [6.07, 6.45) is 3.41. The fourth-order valence-electron chi connectivity index (χ4n) is 1.12. The minimum atomic E-state index is 0.580. The van der Waals surface area contributed by atoms with Crippen molar-refractivity contribution < 1.29 is 0 Å². The van der Waals surface area contributed by atoms with Gasteiger partial charge >= 0.3 is 0 Å². The second-order valence-electron chi connectivity index (χ2n) is 2.86. The normalized spacial score (nSPS) is 9.67. The average molecular weight is 201 g/mol. The highest BCUT2D eigenvalue weighted by Crippen LogP contribution is 2.11. The van der Waals surface area contributed by atoms with Crippen LogP contribution in [0.15, 0.2) is 36.7 Å². The predicted octanol–water partition coefficient (Wildman–Crippen LogP) is 1.66. The molecule has 2 rings (SSSR count). The van der Waals surface area contributed by atoms with Gasteiger partial charge in [-0.3, -0.25) is 0 Å². The SMILES string of the molecule is CNc1nccc(Nc2ccccn2)n1. The molecule has 76 valence electrons. The van der Waals surface area contributed by atoms with E-state index < -0.39 is 0 Å². The van der Waals surface area contributed by atoms with Crippen LogP contribution in [0.3, 0.4) is 0 Å². The van der Waals surface area contributed by atoms with Gasteiger partial charge in [-0.1, -0.05) is 6.07 Å². The lowest BCUT2D eigenvalue weighted by Crippen LogP contribution is -2.00. The van der Waals surface area contributed by atoms with Crippen molar-refractivity contribution in [2.75, 3.05) is 17.7 Å². The Labute approximate surface area is 87.6 Å². The third-order valence-corrected chi connectivity index (χ3v) is 1.80. The molecule has 0 amide bonds. The van der Waals surface area contributed by atoms with Gasteiger partial charge in [0.15, 0.2) is 0 Å². The molecule has 2 heterocycles. The van der Waals surface area contributed by atoms with Crippen LogP contribution in [0, 0.1) is 0 Å². The van der Waals surface area contributed by atoms with E-state index in [2.05, 4.69) is 25.6 Å². The summed E-state index contributed by atoms with van der Waals surface area (Å²) >= 11 is 0. The molecular formula is C10H11N5. The monoisotopic (exact) mass is 201 g/mol. The van der Waals surface area contributed by atoms with Gasteiger partial charge in [0, 0.05) is 19.4 Å². The Kier molecular flexibility index (Phi) is 2.73. The van der Waals surface area contributed by atoms with Crippen LogP contribution in [0.5, 0.6) is 0 Å². The molecule has 0 atom stereocenters. The van der Waals surface area contributed by atoms with E-state index in [0.717, 1.165) is 5.82 Å².